The Morgan fingerprint density at radius 2 is 1.89 bits per heavy atom. The van der Waals surface area contributed by atoms with Crippen molar-refractivity contribution in [3.8, 4) is 0 Å². The average molecular weight is 399 g/mol. The number of amides is 1. The molecule has 2 rings (SSSR count). The molecule has 6 heteroatoms. The third-order valence-electron chi connectivity index (χ3n) is 5.85. The molecule has 1 amide bonds. The topological polar surface area (TPSA) is 84.6 Å². The zero-order valence-electron chi connectivity index (χ0n) is 17.3. The van der Waals surface area contributed by atoms with Gasteiger partial charge in [0.2, 0.25) is 5.91 Å². The molecule has 5 nitrogen and oxygen atoms in total. The number of nitrogens with one attached hydrogen (secondary N) is 1. The van der Waals surface area contributed by atoms with Gasteiger partial charge in [-0.3, -0.25) is 4.79 Å². The van der Waals surface area contributed by atoms with E-state index < -0.39 is 17.1 Å². The van der Waals surface area contributed by atoms with E-state index in [2.05, 4.69) is 26.1 Å². The minimum Gasteiger partial charge on any atom is -0.387 e. The fourth-order valence-electron chi connectivity index (χ4n) is 3.49. The predicted octanol–water partition coefficient (Wildman–Crippen LogP) is 3.09. The van der Waals surface area contributed by atoms with Crippen molar-refractivity contribution in [2.24, 2.45) is 11.1 Å². The molecule has 0 aromatic heterocycles. The Morgan fingerprint density at radius 3 is 2.33 bits per heavy atom. The van der Waals surface area contributed by atoms with Gasteiger partial charge in [0.25, 0.3) is 0 Å². The maximum Gasteiger partial charge on any atom is 0.240 e. The molecular weight excluding hydrogens is 364 g/mol. The summed E-state index contributed by atoms with van der Waals surface area (Å²) in [5.74, 6) is -0.233. The largest absolute Gasteiger partial charge is 0.387 e. The van der Waals surface area contributed by atoms with Crippen molar-refractivity contribution in [2.45, 2.75) is 71.1 Å². The lowest BCUT2D eigenvalue weighted by Crippen LogP contribution is -2.75. The van der Waals surface area contributed by atoms with Crippen molar-refractivity contribution in [1.82, 2.24) is 5.32 Å². The SMILES string of the molecule is CCOC1CC(N)(C(=O)NCC(O)c2ccc(C(C)(C)C)cc2)C1(C)C.Cl. The summed E-state index contributed by atoms with van der Waals surface area (Å²) in [4.78, 5) is 12.6. The molecule has 0 aliphatic heterocycles. The average Bonchev–Trinajstić information content (AvgIpc) is 2.58. The van der Waals surface area contributed by atoms with E-state index in [0.717, 1.165) is 5.56 Å². The number of halogens is 1. The lowest BCUT2D eigenvalue weighted by molar-refractivity contribution is -0.170. The second-order valence-electron chi connectivity index (χ2n) is 8.94. The third kappa shape index (κ3) is 4.65. The number of hydrogen-bond donors (Lipinski definition) is 3. The molecule has 1 saturated carbocycles. The Morgan fingerprint density at radius 1 is 1.33 bits per heavy atom. The van der Waals surface area contributed by atoms with Crippen LogP contribution in [0.3, 0.4) is 0 Å². The van der Waals surface area contributed by atoms with Crippen LogP contribution in [0.1, 0.15) is 65.2 Å². The first-order valence-electron chi connectivity index (χ1n) is 9.40. The van der Waals surface area contributed by atoms with Gasteiger partial charge < -0.3 is 20.9 Å². The molecule has 1 aromatic carbocycles. The van der Waals surface area contributed by atoms with Crippen LogP contribution in [0.2, 0.25) is 0 Å². The molecule has 4 N–H and O–H groups in total. The van der Waals surface area contributed by atoms with E-state index in [1.54, 1.807) is 0 Å². The summed E-state index contributed by atoms with van der Waals surface area (Å²) in [5, 5.41) is 13.2. The summed E-state index contributed by atoms with van der Waals surface area (Å²) < 4.78 is 5.66. The lowest BCUT2D eigenvalue weighted by Gasteiger charge is -2.57. The Hall–Kier alpha value is -1.14. The minimum absolute atomic E-state index is 0. The van der Waals surface area contributed by atoms with Crippen LogP contribution in [0.25, 0.3) is 0 Å². The molecular formula is C21H35ClN2O3. The molecule has 0 saturated heterocycles. The molecule has 154 valence electrons. The standard InChI is InChI=1S/C21H34N2O3.ClH/c1-7-26-17-12-21(22,20(17,5)6)18(25)23-13-16(24)14-8-10-15(11-9-14)19(2,3)4;/h8-11,16-17,24H,7,12-13,22H2,1-6H3,(H,23,25);1H. The number of carbonyl (C=O) groups excluding carboxylic acids is 1. The molecule has 0 heterocycles. The molecule has 1 aromatic rings. The van der Waals surface area contributed by atoms with Gasteiger partial charge in [-0.1, -0.05) is 58.9 Å². The van der Waals surface area contributed by atoms with Crippen LogP contribution < -0.4 is 11.1 Å². The molecule has 0 spiro atoms. The maximum absolute atomic E-state index is 12.6. The number of carbonyl (C=O) groups is 1. The van der Waals surface area contributed by atoms with E-state index in [1.165, 1.54) is 5.56 Å². The first-order valence-corrected chi connectivity index (χ1v) is 9.40. The van der Waals surface area contributed by atoms with Crippen LogP contribution in [0.5, 0.6) is 0 Å². The second-order valence-corrected chi connectivity index (χ2v) is 8.94. The van der Waals surface area contributed by atoms with Gasteiger partial charge in [0.15, 0.2) is 0 Å². The number of rotatable bonds is 6. The van der Waals surface area contributed by atoms with Crippen molar-refractivity contribution in [1.29, 1.82) is 0 Å². The summed E-state index contributed by atoms with van der Waals surface area (Å²) in [6, 6.07) is 7.86. The van der Waals surface area contributed by atoms with Crippen molar-refractivity contribution in [3.63, 3.8) is 0 Å². The zero-order chi connectivity index (χ0) is 19.8. The van der Waals surface area contributed by atoms with Gasteiger partial charge in [0.05, 0.1) is 12.2 Å². The van der Waals surface area contributed by atoms with Crippen LogP contribution in [0.15, 0.2) is 24.3 Å². The van der Waals surface area contributed by atoms with Crippen LogP contribution >= 0.6 is 12.4 Å². The fourth-order valence-corrected chi connectivity index (χ4v) is 3.49. The highest BCUT2D eigenvalue weighted by atomic mass is 35.5. The Bertz CT molecular complexity index is 640. The summed E-state index contributed by atoms with van der Waals surface area (Å²) in [6.45, 7) is 13.0. The van der Waals surface area contributed by atoms with Gasteiger partial charge in [-0.05, 0) is 23.5 Å². The van der Waals surface area contributed by atoms with Crippen LogP contribution in [0.4, 0.5) is 0 Å². The quantitative estimate of drug-likeness (QED) is 0.687. The molecule has 1 aliphatic carbocycles. The highest BCUT2D eigenvalue weighted by Gasteiger charge is 2.62. The van der Waals surface area contributed by atoms with Gasteiger partial charge in [0.1, 0.15) is 5.54 Å². The van der Waals surface area contributed by atoms with Gasteiger partial charge >= 0.3 is 0 Å². The number of hydrogen-bond acceptors (Lipinski definition) is 4. The lowest BCUT2D eigenvalue weighted by atomic mass is 9.54. The first-order chi connectivity index (χ1) is 11.9. The van der Waals surface area contributed by atoms with Crippen molar-refractivity contribution >= 4 is 18.3 Å². The van der Waals surface area contributed by atoms with E-state index in [4.69, 9.17) is 10.5 Å². The van der Waals surface area contributed by atoms with E-state index in [0.29, 0.717) is 13.0 Å². The predicted molar refractivity (Wildman–Crippen MR) is 111 cm³/mol. The van der Waals surface area contributed by atoms with E-state index in [9.17, 15) is 9.90 Å². The van der Waals surface area contributed by atoms with E-state index in [1.807, 2.05) is 45.0 Å². The molecule has 3 unspecified atom stereocenters. The Kier molecular flexibility index (Phi) is 7.50. The summed E-state index contributed by atoms with van der Waals surface area (Å²) in [5.41, 5.74) is 7.01. The molecule has 1 fully saturated rings. The number of benzene rings is 1. The van der Waals surface area contributed by atoms with Crippen molar-refractivity contribution in [3.05, 3.63) is 35.4 Å². The number of nitrogens with two attached hydrogens (primary N) is 1. The first kappa shape index (κ1) is 23.9. The smallest absolute Gasteiger partial charge is 0.240 e. The maximum atomic E-state index is 12.6. The second kappa shape index (κ2) is 8.48. The minimum atomic E-state index is -0.970. The highest BCUT2D eigenvalue weighted by molar-refractivity contribution is 5.88. The normalized spacial score (nSPS) is 25.1. The summed E-state index contributed by atoms with van der Waals surface area (Å²) >= 11 is 0. The molecule has 1 aliphatic rings. The molecule has 0 bridgehead atoms. The molecule has 27 heavy (non-hydrogen) atoms. The number of aliphatic hydroxyl groups excluding tert-OH is 1. The summed E-state index contributed by atoms with van der Waals surface area (Å²) in [6.07, 6.45) is -0.281. The number of ether oxygens (including phenoxy) is 1. The number of aliphatic hydroxyl groups is 1. The zero-order valence-corrected chi connectivity index (χ0v) is 18.2. The highest BCUT2D eigenvalue weighted by Crippen LogP contribution is 2.49. The van der Waals surface area contributed by atoms with Crippen molar-refractivity contribution < 1.29 is 14.6 Å². The Labute approximate surface area is 169 Å². The molecule has 3 atom stereocenters. The fraction of sp³-hybridized carbons (Fsp3) is 0.667. The van der Waals surface area contributed by atoms with Gasteiger partial charge in [-0.2, -0.15) is 0 Å². The Balaban J connectivity index is 0.00000364. The van der Waals surface area contributed by atoms with Gasteiger partial charge in [0, 0.05) is 25.0 Å². The monoisotopic (exact) mass is 398 g/mol. The van der Waals surface area contributed by atoms with E-state index >= 15 is 0 Å². The van der Waals surface area contributed by atoms with E-state index in [-0.39, 0.29) is 36.4 Å². The van der Waals surface area contributed by atoms with Crippen molar-refractivity contribution in [2.75, 3.05) is 13.2 Å². The summed E-state index contributed by atoms with van der Waals surface area (Å²) in [7, 11) is 0. The van der Waals surface area contributed by atoms with Crippen LogP contribution in [-0.2, 0) is 14.9 Å². The van der Waals surface area contributed by atoms with Crippen LogP contribution in [-0.4, -0.2) is 35.8 Å². The van der Waals surface area contributed by atoms with Gasteiger partial charge in [-0.15, -0.1) is 12.4 Å². The van der Waals surface area contributed by atoms with Crippen LogP contribution in [0, 0.1) is 5.41 Å². The molecule has 0 radical (unpaired) electrons. The third-order valence-corrected chi connectivity index (χ3v) is 5.85. The van der Waals surface area contributed by atoms with Gasteiger partial charge in [-0.25, -0.2) is 0 Å².